The van der Waals surface area contributed by atoms with Crippen LogP contribution in [0, 0.1) is 0 Å². The van der Waals surface area contributed by atoms with Crippen LogP contribution in [0.4, 0.5) is 31.1 Å². The van der Waals surface area contributed by atoms with Crippen LogP contribution in [0.25, 0.3) is 0 Å². The Kier molecular flexibility index (Phi) is 4.07. The molecule has 0 unspecified atom stereocenters. The highest BCUT2D eigenvalue weighted by molar-refractivity contribution is 5.68. The Labute approximate surface area is 86.7 Å². The van der Waals surface area contributed by atoms with E-state index in [0.717, 1.165) is 5.32 Å². The molecule has 0 bridgehead atoms. The zero-order valence-corrected chi connectivity index (χ0v) is 8.29. The molecule has 3 nitrogen and oxygen atoms in total. The molecule has 0 aromatic rings. The zero-order chi connectivity index (χ0) is 13.2. The lowest BCUT2D eigenvalue weighted by atomic mass is 9.94. The summed E-state index contributed by atoms with van der Waals surface area (Å²) in [7, 11) is 0.669. The van der Waals surface area contributed by atoms with Crippen LogP contribution in [0.15, 0.2) is 0 Å². The molecule has 0 aliphatic carbocycles. The van der Waals surface area contributed by atoms with Gasteiger partial charge in [-0.2, -0.15) is 26.3 Å². The fourth-order valence-electron chi connectivity index (χ4n) is 1.02. The average molecular weight is 253 g/mol. The maximum atomic E-state index is 12.4. The maximum Gasteiger partial charge on any atom is 0.420 e. The van der Waals surface area contributed by atoms with Gasteiger partial charge in [0.05, 0.1) is 7.11 Å². The van der Waals surface area contributed by atoms with Gasteiger partial charge in [0, 0.05) is 0 Å². The SMILES string of the molecule is CCC(NC(=O)OC)(C(F)(F)F)C(F)(F)F. The van der Waals surface area contributed by atoms with Gasteiger partial charge in [0.25, 0.3) is 0 Å². The van der Waals surface area contributed by atoms with E-state index in [2.05, 4.69) is 4.74 Å². The van der Waals surface area contributed by atoms with Gasteiger partial charge in [0.2, 0.25) is 5.54 Å². The summed E-state index contributed by atoms with van der Waals surface area (Å²) in [4.78, 5) is 10.5. The van der Waals surface area contributed by atoms with Gasteiger partial charge in [0.1, 0.15) is 0 Å². The first kappa shape index (κ1) is 14.8. The first-order valence-electron chi connectivity index (χ1n) is 4.01. The number of carbonyl (C=O) groups is 1. The molecule has 0 aromatic heterocycles. The summed E-state index contributed by atoms with van der Waals surface area (Å²) in [6.45, 7) is 0.664. The van der Waals surface area contributed by atoms with Crippen LogP contribution >= 0.6 is 0 Å². The van der Waals surface area contributed by atoms with Crippen LogP contribution in [0.2, 0.25) is 0 Å². The van der Waals surface area contributed by atoms with Crippen molar-refractivity contribution in [1.29, 1.82) is 0 Å². The summed E-state index contributed by atoms with van der Waals surface area (Å²) in [5.74, 6) is 0. The van der Waals surface area contributed by atoms with Crippen molar-refractivity contribution in [3.05, 3.63) is 0 Å². The highest BCUT2D eigenvalue weighted by Gasteiger charge is 2.70. The monoisotopic (exact) mass is 253 g/mol. The molecule has 0 aromatic carbocycles. The minimum Gasteiger partial charge on any atom is -0.453 e. The van der Waals surface area contributed by atoms with E-state index in [-0.39, 0.29) is 0 Å². The van der Waals surface area contributed by atoms with Crippen molar-refractivity contribution in [3.63, 3.8) is 0 Å². The van der Waals surface area contributed by atoms with Crippen molar-refractivity contribution in [1.82, 2.24) is 5.32 Å². The Balaban J connectivity index is 5.40. The number of methoxy groups -OCH3 is 1. The lowest BCUT2D eigenvalue weighted by Gasteiger charge is -2.36. The van der Waals surface area contributed by atoms with Crippen LogP contribution in [0.3, 0.4) is 0 Å². The summed E-state index contributed by atoms with van der Waals surface area (Å²) < 4.78 is 78.0. The number of hydrogen-bond donors (Lipinski definition) is 1. The molecule has 16 heavy (non-hydrogen) atoms. The van der Waals surface area contributed by atoms with E-state index in [0.29, 0.717) is 14.0 Å². The fraction of sp³-hybridized carbons (Fsp3) is 0.857. The Hall–Kier alpha value is -1.15. The third-order valence-electron chi connectivity index (χ3n) is 2.00. The number of carbonyl (C=O) groups excluding carboxylic acids is 1. The molecule has 0 saturated carbocycles. The highest BCUT2D eigenvalue weighted by Crippen LogP contribution is 2.45. The lowest BCUT2D eigenvalue weighted by Crippen LogP contribution is -2.67. The van der Waals surface area contributed by atoms with Gasteiger partial charge < -0.3 is 4.74 Å². The minimum absolute atomic E-state index is 0.664. The highest BCUT2D eigenvalue weighted by atomic mass is 19.4. The Bertz CT molecular complexity index is 245. The predicted molar refractivity (Wildman–Crippen MR) is 40.7 cm³/mol. The molecule has 0 radical (unpaired) electrons. The molecule has 9 heteroatoms. The normalized spacial score (nSPS) is 13.5. The Morgan fingerprint density at radius 1 is 1.12 bits per heavy atom. The number of amides is 1. The molecule has 0 aliphatic heterocycles. The van der Waals surface area contributed by atoms with E-state index in [1.807, 2.05) is 0 Å². The summed E-state index contributed by atoms with van der Waals surface area (Å²) in [6, 6.07) is 0. The minimum atomic E-state index is -5.66. The lowest BCUT2D eigenvalue weighted by molar-refractivity contribution is -0.305. The Morgan fingerprint density at radius 2 is 1.50 bits per heavy atom. The number of hydrogen-bond acceptors (Lipinski definition) is 2. The number of ether oxygens (including phenoxy) is 1. The number of alkyl halides is 6. The molecule has 0 heterocycles. The van der Waals surface area contributed by atoms with Crippen molar-refractivity contribution >= 4 is 6.09 Å². The first-order valence-corrected chi connectivity index (χ1v) is 4.01. The third kappa shape index (κ3) is 2.50. The van der Waals surface area contributed by atoms with Gasteiger partial charge in [-0.05, 0) is 6.42 Å². The molecular formula is C7H9F6NO2. The largest absolute Gasteiger partial charge is 0.453 e. The molecule has 96 valence electrons. The number of alkyl carbamates (subject to hydrolysis) is 1. The van der Waals surface area contributed by atoms with Crippen molar-refractivity contribution in [2.45, 2.75) is 31.2 Å². The second kappa shape index (κ2) is 4.38. The van der Waals surface area contributed by atoms with Crippen molar-refractivity contribution in [3.8, 4) is 0 Å². The number of nitrogens with one attached hydrogen (secondary N) is 1. The van der Waals surface area contributed by atoms with E-state index >= 15 is 0 Å². The van der Waals surface area contributed by atoms with Crippen LogP contribution in [0.1, 0.15) is 13.3 Å². The second-order valence-corrected chi connectivity index (χ2v) is 2.87. The molecule has 0 rings (SSSR count). The first-order chi connectivity index (χ1) is 7.02. The number of halogens is 6. The smallest absolute Gasteiger partial charge is 0.420 e. The molecule has 0 saturated heterocycles. The van der Waals surface area contributed by atoms with Crippen molar-refractivity contribution in [2.75, 3.05) is 7.11 Å². The van der Waals surface area contributed by atoms with Gasteiger partial charge >= 0.3 is 18.4 Å². The molecule has 0 spiro atoms. The summed E-state index contributed by atoms with van der Waals surface area (Å²) in [5, 5.41) is 0.799. The van der Waals surface area contributed by atoms with Crippen molar-refractivity contribution < 1.29 is 35.9 Å². The summed E-state index contributed by atoms with van der Waals surface area (Å²) >= 11 is 0. The van der Waals surface area contributed by atoms with Gasteiger partial charge in [-0.1, -0.05) is 6.92 Å². The zero-order valence-electron chi connectivity index (χ0n) is 8.29. The van der Waals surface area contributed by atoms with Crippen LogP contribution < -0.4 is 5.32 Å². The molecule has 0 atom stereocenters. The van der Waals surface area contributed by atoms with E-state index in [9.17, 15) is 31.1 Å². The van der Waals surface area contributed by atoms with Gasteiger partial charge in [-0.25, -0.2) is 4.79 Å². The molecule has 0 aliphatic rings. The van der Waals surface area contributed by atoms with Crippen molar-refractivity contribution in [2.24, 2.45) is 0 Å². The molecular weight excluding hydrogens is 244 g/mol. The van der Waals surface area contributed by atoms with E-state index in [1.54, 1.807) is 0 Å². The topological polar surface area (TPSA) is 38.3 Å². The van der Waals surface area contributed by atoms with Gasteiger partial charge in [-0.3, -0.25) is 5.32 Å². The Morgan fingerprint density at radius 3 is 1.69 bits per heavy atom. The summed E-state index contributed by atoms with van der Waals surface area (Å²) in [5.41, 5.74) is -4.28. The molecule has 1 N–H and O–H groups in total. The van der Waals surface area contributed by atoms with Gasteiger partial charge in [0.15, 0.2) is 0 Å². The van der Waals surface area contributed by atoms with E-state index < -0.39 is 30.4 Å². The predicted octanol–water partition coefficient (Wildman–Crippen LogP) is 2.62. The average Bonchev–Trinajstić information content (AvgIpc) is 2.09. The van der Waals surface area contributed by atoms with Crippen LogP contribution in [0.5, 0.6) is 0 Å². The maximum absolute atomic E-state index is 12.4. The number of rotatable bonds is 2. The van der Waals surface area contributed by atoms with Gasteiger partial charge in [-0.15, -0.1) is 0 Å². The second-order valence-electron chi connectivity index (χ2n) is 2.87. The quantitative estimate of drug-likeness (QED) is 0.768. The molecule has 1 amide bonds. The summed E-state index contributed by atoms with van der Waals surface area (Å²) in [6.07, 6.45) is -14.5. The fourth-order valence-corrected chi connectivity index (χ4v) is 1.02. The third-order valence-corrected chi connectivity index (χ3v) is 2.00. The van der Waals surface area contributed by atoms with Crippen LogP contribution in [-0.2, 0) is 4.74 Å². The van der Waals surface area contributed by atoms with E-state index in [4.69, 9.17) is 0 Å². The van der Waals surface area contributed by atoms with Crippen LogP contribution in [-0.4, -0.2) is 31.1 Å². The van der Waals surface area contributed by atoms with E-state index in [1.165, 1.54) is 0 Å². The standard InChI is InChI=1S/C7H9F6NO2/c1-3-5(6(8,9)10,7(11,12)13)14-4(15)16-2/h3H2,1-2H3,(H,14,15). The molecule has 0 fully saturated rings.